The molecule has 0 bridgehead atoms. The monoisotopic (exact) mass is 364 g/mol. The lowest BCUT2D eigenvalue weighted by Gasteiger charge is -2.28. The Labute approximate surface area is 154 Å². The zero-order valence-electron chi connectivity index (χ0n) is 15.9. The highest BCUT2D eigenvalue weighted by molar-refractivity contribution is 5.75. The van der Waals surface area contributed by atoms with Gasteiger partial charge in [-0.1, -0.05) is 12.1 Å². The molecule has 1 heterocycles. The van der Waals surface area contributed by atoms with Crippen LogP contribution in [0.1, 0.15) is 38.8 Å². The van der Waals surface area contributed by atoms with E-state index in [1.165, 1.54) is 0 Å². The molecule has 1 N–H and O–H groups in total. The van der Waals surface area contributed by atoms with E-state index in [1.807, 2.05) is 25.7 Å². The fraction of sp³-hybridized carbons (Fsp3) is 0.579. The van der Waals surface area contributed by atoms with Gasteiger partial charge in [0.2, 0.25) is 0 Å². The van der Waals surface area contributed by atoms with Crippen LogP contribution in [0.5, 0.6) is 5.75 Å². The molecule has 2 rings (SSSR count). The van der Waals surface area contributed by atoms with Gasteiger partial charge < -0.3 is 19.5 Å². The summed E-state index contributed by atoms with van der Waals surface area (Å²) < 4.78 is 10.6. The highest BCUT2D eigenvalue weighted by Crippen LogP contribution is 2.25. The number of ether oxygens (including phenoxy) is 2. The summed E-state index contributed by atoms with van der Waals surface area (Å²) in [6.45, 7) is 7.57. The fourth-order valence-corrected chi connectivity index (χ4v) is 3.00. The summed E-state index contributed by atoms with van der Waals surface area (Å²) in [5.74, 6) is -0.217. The van der Waals surface area contributed by atoms with E-state index in [9.17, 15) is 14.7 Å². The molecule has 144 valence electrons. The maximum absolute atomic E-state index is 12.3. The average Bonchev–Trinajstić information content (AvgIpc) is 2.80. The highest BCUT2D eigenvalue weighted by Gasteiger charge is 2.31. The quantitative estimate of drug-likeness (QED) is 0.885. The van der Waals surface area contributed by atoms with Gasteiger partial charge in [-0.3, -0.25) is 9.69 Å². The lowest BCUT2D eigenvalue weighted by atomic mass is 10.0. The second-order valence-electron chi connectivity index (χ2n) is 7.37. The third-order valence-electron chi connectivity index (χ3n) is 4.21. The summed E-state index contributed by atoms with van der Waals surface area (Å²) in [4.78, 5) is 27.7. The van der Waals surface area contributed by atoms with Crippen LogP contribution in [-0.4, -0.2) is 65.9 Å². The molecule has 0 aliphatic carbocycles. The number of hydrogen-bond acceptors (Lipinski definition) is 5. The Kier molecular flexibility index (Phi) is 6.47. The number of carbonyl (C=O) groups is 2. The van der Waals surface area contributed by atoms with Crippen molar-refractivity contribution < 1.29 is 24.2 Å². The normalized spacial score (nSPS) is 17.3. The summed E-state index contributed by atoms with van der Waals surface area (Å²) in [7, 11) is 1.57. The van der Waals surface area contributed by atoms with E-state index in [1.54, 1.807) is 36.3 Å². The Morgan fingerprint density at radius 3 is 2.27 bits per heavy atom. The molecule has 0 radical (unpaired) electrons. The molecule has 7 nitrogen and oxygen atoms in total. The van der Waals surface area contributed by atoms with E-state index in [2.05, 4.69) is 0 Å². The Morgan fingerprint density at radius 2 is 1.73 bits per heavy atom. The number of methoxy groups -OCH3 is 1. The number of carboxylic acids is 1. The largest absolute Gasteiger partial charge is 0.497 e. The van der Waals surface area contributed by atoms with Gasteiger partial charge in [-0.05, 0) is 44.9 Å². The molecule has 1 saturated heterocycles. The van der Waals surface area contributed by atoms with Crippen LogP contribution in [0.4, 0.5) is 4.79 Å². The zero-order valence-corrected chi connectivity index (χ0v) is 15.9. The molecular weight excluding hydrogens is 336 g/mol. The van der Waals surface area contributed by atoms with Crippen molar-refractivity contribution in [1.82, 2.24) is 9.80 Å². The SMILES string of the molecule is COc1ccc(C(C(=O)O)N2CCCN(C(=O)OC(C)(C)C)CC2)cc1. The van der Waals surface area contributed by atoms with E-state index >= 15 is 0 Å². The maximum Gasteiger partial charge on any atom is 0.410 e. The van der Waals surface area contributed by atoms with Crippen LogP contribution in [-0.2, 0) is 9.53 Å². The molecule has 1 fully saturated rings. The number of benzene rings is 1. The number of nitrogens with zero attached hydrogens (tertiary/aromatic N) is 2. The second kappa shape index (κ2) is 8.40. The first-order valence-electron chi connectivity index (χ1n) is 8.80. The number of hydrogen-bond donors (Lipinski definition) is 1. The molecule has 1 atom stereocenters. The van der Waals surface area contributed by atoms with Crippen molar-refractivity contribution >= 4 is 12.1 Å². The number of amides is 1. The minimum absolute atomic E-state index is 0.351. The van der Waals surface area contributed by atoms with Crippen molar-refractivity contribution in [3.63, 3.8) is 0 Å². The molecule has 7 heteroatoms. The third kappa shape index (κ3) is 5.36. The highest BCUT2D eigenvalue weighted by atomic mass is 16.6. The lowest BCUT2D eigenvalue weighted by molar-refractivity contribution is -0.143. The Balaban J connectivity index is 2.09. The molecule has 0 spiro atoms. The number of carbonyl (C=O) groups excluding carboxylic acids is 1. The lowest BCUT2D eigenvalue weighted by Crippen LogP contribution is -2.40. The van der Waals surface area contributed by atoms with Crippen molar-refractivity contribution in [2.75, 3.05) is 33.3 Å². The van der Waals surface area contributed by atoms with Gasteiger partial charge in [-0.25, -0.2) is 4.79 Å². The molecule has 1 aromatic rings. The second-order valence-corrected chi connectivity index (χ2v) is 7.37. The van der Waals surface area contributed by atoms with Gasteiger partial charge >= 0.3 is 12.1 Å². The van der Waals surface area contributed by atoms with Crippen molar-refractivity contribution in [2.45, 2.75) is 38.8 Å². The number of aliphatic carboxylic acids is 1. The average molecular weight is 364 g/mol. The van der Waals surface area contributed by atoms with Crippen molar-refractivity contribution in [3.05, 3.63) is 29.8 Å². The minimum Gasteiger partial charge on any atom is -0.497 e. The van der Waals surface area contributed by atoms with E-state index < -0.39 is 17.6 Å². The first kappa shape index (κ1) is 20.0. The topological polar surface area (TPSA) is 79.3 Å². The molecule has 26 heavy (non-hydrogen) atoms. The van der Waals surface area contributed by atoms with Crippen LogP contribution in [0, 0.1) is 0 Å². The van der Waals surface area contributed by atoms with E-state index in [0.717, 1.165) is 0 Å². The van der Waals surface area contributed by atoms with Crippen LogP contribution in [0.3, 0.4) is 0 Å². The molecule has 1 amide bonds. The smallest absolute Gasteiger partial charge is 0.410 e. The van der Waals surface area contributed by atoms with Crippen molar-refractivity contribution in [3.8, 4) is 5.75 Å². The molecule has 0 saturated carbocycles. The summed E-state index contributed by atoms with van der Waals surface area (Å²) in [6.07, 6.45) is 0.342. The van der Waals surface area contributed by atoms with Gasteiger partial charge in [0.15, 0.2) is 0 Å². The van der Waals surface area contributed by atoms with Gasteiger partial charge in [0.1, 0.15) is 17.4 Å². The van der Waals surface area contributed by atoms with E-state index in [-0.39, 0.29) is 6.09 Å². The van der Waals surface area contributed by atoms with Crippen molar-refractivity contribution in [2.24, 2.45) is 0 Å². The first-order chi connectivity index (χ1) is 12.2. The van der Waals surface area contributed by atoms with Gasteiger partial charge in [0, 0.05) is 26.2 Å². The van der Waals surface area contributed by atoms with Gasteiger partial charge in [0.25, 0.3) is 0 Å². The summed E-state index contributed by atoms with van der Waals surface area (Å²) in [6, 6.07) is 6.31. The standard InChI is InChI=1S/C19H28N2O5/c1-19(2,3)26-18(24)21-11-5-10-20(12-13-21)16(17(22)23)14-6-8-15(25-4)9-7-14/h6-9,16H,5,10-13H2,1-4H3,(H,22,23). The van der Waals surface area contributed by atoms with Crippen LogP contribution >= 0.6 is 0 Å². The maximum atomic E-state index is 12.3. The van der Waals surface area contributed by atoms with Crippen LogP contribution in [0.2, 0.25) is 0 Å². The summed E-state index contributed by atoms with van der Waals surface area (Å²) in [5, 5.41) is 9.75. The number of carboxylic acid groups (broad SMARTS) is 1. The van der Waals surface area contributed by atoms with Crippen LogP contribution in [0.15, 0.2) is 24.3 Å². The van der Waals surface area contributed by atoms with Crippen LogP contribution < -0.4 is 4.74 Å². The van der Waals surface area contributed by atoms with Gasteiger partial charge in [-0.15, -0.1) is 0 Å². The first-order valence-corrected chi connectivity index (χ1v) is 8.80. The fourth-order valence-electron chi connectivity index (χ4n) is 3.00. The minimum atomic E-state index is -0.902. The van der Waals surface area contributed by atoms with Crippen molar-refractivity contribution in [1.29, 1.82) is 0 Å². The molecule has 1 aromatic carbocycles. The summed E-state index contributed by atoms with van der Waals surface area (Å²) >= 11 is 0. The molecule has 1 aliphatic rings. The predicted octanol–water partition coefficient (Wildman–Crippen LogP) is 2.76. The third-order valence-corrected chi connectivity index (χ3v) is 4.21. The Bertz CT molecular complexity index is 624. The van der Waals surface area contributed by atoms with Gasteiger partial charge in [-0.2, -0.15) is 0 Å². The molecular formula is C19H28N2O5. The predicted molar refractivity (Wildman–Crippen MR) is 97.4 cm³/mol. The molecule has 0 aromatic heterocycles. The Hall–Kier alpha value is -2.28. The summed E-state index contributed by atoms with van der Waals surface area (Å²) in [5.41, 5.74) is 0.152. The zero-order chi connectivity index (χ0) is 19.3. The molecule has 1 unspecified atom stereocenters. The van der Waals surface area contributed by atoms with E-state index in [0.29, 0.717) is 43.9 Å². The van der Waals surface area contributed by atoms with E-state index in [4.69, 9.17) is 9.47 Å². The van der Waals surface area contributed by atoms with Crippen LogP contribution in [0.25, 0.3) is 0 Å². The molecule has 1 aliphatic heterocycles. The van der Waals surface area contributed by atoms with Gasteiger partial charge in [0.05, 0.1) is 7.11 Å². The number of rotatable bonds is 4. The Morgan fingerprint density at radius 1 is 1.08 bits per heavy atom.